The lowest BCUT2D eigenvalue weighted by atomic mass is 10.0. The maximum Gasteiger partial charge on any atom is 0.325 e. The van der Waals surface area contributed by atoms with E-state index >= 15 is 0 Å². The maximum atomic E-state index is 12.4. The minimum absolute atomic E-state index is 0.0636. The monoisotopic (exact) mass is 374 g/mol. The van der Waals surface area contributed by atoms with Crippen LogP contribution >= 0.6 is 11.3 Å². The van der Waals surface area contributed by atoms with Gasteiger partial charge in [0.25, 0.3) is 0 Å². The quantitative estimate of drug-likeness (QED) is 0.746. The van der Waals surface area contributed by atoms with Crippen molar-refractivity contribution >= 4 is 33.4 Å². The van der Waals surface area contributed by atoms with Gasteiger partial charge in [-0.1, -0.05) is 43.1 Å². The van der Waals surface area contributed by atoms with Crippen LogP contribution < -0.4 is 4.80 Å². The normalized spacial score (nSPS) is 15.7. The molecule has 0 spiro atoms. The van der Waals surface area contributed by atoms with E-state index in [0.717, 1.165) is 27.8 Å². The summed E-state index contributed by atoms with van der Waals surface area (Å²) < 4.78 is 7.69. The Hall–Kier alpha value is -1.95. The number of thiazole rings is 1. The molecule has 0 atom stereocenters. The molecule has 0 unspecified atom stereocenters. The highest BCUT2D eigenvalue weighted by Crippen LogP contribution is 2.28. The Morgan fingerprint density at radius 3 is 2.69 bits per heavy atom. The lowest BCUT2D eigenvalue weighted by molar-refractivity contribution is -0.141. The topological polar surface area (TPSA) is 60.7 Å². The van der Waals surface area contributed by atoms with Gasteiger partial charge < -0.3 is 9.30 Å². The number of esters is 1. The molecule has 1 aromatic carbocycles. The molecule has 1 heterocycles. The van der Waals surface area contributed by atoms with Gasteiger partial charge in [-0.05, 0) is 43.4 Å². The summed E-state index contributed by atoms with van der Waals surface area (Å²) in [5.74, 6) is 0.226. The third kappa shape index (κ3) is 4.23. The number of nitrogens with zero attached hydrogens (tertiary/aromatic N) is 2. The Balaban J connectivity index is 1.94. The van der Waals surface area contributed by atoms with Gasteiger partial charge in [0.2, 0.25) is 5.91 Å². The summed E-state index contributed by atoms with van der Waals surface area (Å²) in [5.41, 5.74) is 3.18. The van der Waals surface area contributed by atoms with E-state index in [2.05, 4.69) is 11.1 Å². The van der Waals surface area contributed by atoms with Gasteiger partial charge in [-0.25, -0.2) is 0 Å². The first-order chi connectivity index (χ1) is 12.5. The van der Waals surface area contributed by atoms with E-state index in [1.54, 1.807) is 4.57 Å². The zero-order valence-corrected chi connectivity index (χ0v) is 16.5. The third-order valence-electron chi connectivity index (χ3n) is 5.09. The second kappa shape index (κ2) is 8.16. The van der Waals surface area contributed by atoms with Crippen molar-refractivity contribution in [3.8, 4) is 0 Å². The van der Waals surface area contributed by atoms with Crippen LogP contribution in [0.25, 0.3) is 10.2 Å². The number of methoxy groups -OCH3 is 1. The number of carbonyl (C=O) groups excluding carboxylic acids is 2. The molecule has 0 N–H and O–H groups in total. The lowest BCUT2D eigenvalue weighted by Crippen LogP contribution is -2.22. The van der Waals surface area contributed by atoms with E-state index in [-0.39, 0.29) is 18.4 Å². The molecule has 140 valence electrons. The van der Waals surface area contributed by atoms with Gasteiger partial charge in [-0.15, -0.1) is 0 Å². The van der Waals surface area contributed by atoms with Crippen molar-refractivity contribution in [2.24, 2.45) is 10.9 Å². The van der Waals surface area contributed by atoms with Gasteiger partial charge in [0.15, 0.2) is 4.80 Å². The first-order valence-electron chi connectivity index (χ1n) is 9.23. The molecule has 2 aromatic rings. The summed E-state index contributed by atoms with van der Waals surface area (Å²) in [6.45, 7) is 4.13. The van der Waals surface area contributed by atoms with Crippen molar-refractivity contribution in [3.63, 3.8) is 0 Å². The molecule has 1 aromatic heterocycles. The Morgan fingerprint density at radius 2 is 2.00 bits per heavy atom. The minimum atomic E-state index is -0.344. The minimum Gasteiger partial charge on any atom is -0.468 e. The van der Waals surface area contributed by atoms with Crippen molar-refractivity contribution in [1.29, 1.82) is 0 Å². The zero-order chi connectivity index (χ0) is 18.7. The summed E-state index contributed by atoms with van der Waals surface area (Å²) in [4.78, 5) is 29.2. The van der Waals surface area contributed by atoms with Gasteiger partial charge >= 0.3 is 5.97 Å². The summed E-state index contributed by atoms with van der Waals surface area (Å²) in [5, 5.41) is 0. The first kappa shape index (κ1) is 18.8. The third-order valence-corrected chi connectivity index (χ3v) is 6.32. The van der Waals surface area contributed by atoms with E-state index in [0.29, 0.717) is 17.1 Å². The van der Waals surface area contributed by atoms with Crippen LogP contribution in [0.2, 0.25) is 0 Å². The number of aryl methyl sites for hydroxylation is 2. The van der Waals surface area contributed by atoms with Crippen molar-refractivity contribution in [3.05, 3.63) is 28.1 Å². The Kier molecular flexibility index (Phi) is 5.91. The molecule has 0 saturated heterocycles. The van der Waals surface area contributed by atoms with Crippen LogP contribution in [0.1, 0.15) is 49.7 Å². The van der Waals surface area contributed by atoms with Crippen molar-refractivity contribution in [1.82, 2.24) is 4.57 Å². The highest BCUT2D eigenvalue weighted by atomic mass is 32.1. The predicted molar refractivity (Wildman–Crippen MR) is 103 cm³/mol. The molecule has 1 aliphatic carbocycles. The summed E-state index contributed by atoms with van der Waals surface area (Å²) >= 11 is 1.47. The molecule has 1 saturated carbocycles. The van der Waals surface area contributed by atoms with Gasteiger partial charge in [0, 0.05) is 6.42 Å². The fourth-order valence-electron chi connectivity index (χ4n) is 3.73. The van der Waals surface area contributed by atoms with Gasteiger partial charge in [-0.3, -0.25) is 9.59 Å². The van der Waals surface area contributed by atoms with E-state index < -0.39 is 0 Å². The number of benzene rings is 1. The van der Waals surface area contributed by atoms with Crippen LogP contribution in [0.3, 0.4) is 0 Å². The number of carbonyl (C=O) groups is 2. The zero-order valence-electron chi connectivity index (χ0n) is 15.7. The Morgan fingerprint density at radius 1 is 1.27 bits per heavy atom. The van der Waals surface area contributed by atoms with E-state index in [4.69, 9.17) is 4.74 Å². The smallest absolute Gasteiger partial charge is 0.325 e. The average molecular weight is 375 g/mol. The second-order valence-electron chi connectivity index (χ2n) is 7.17. The number of hydrogen-bond acceptors (Lipinski definition) is 4. The number of hydrogen-bond donors (Lipinski definition) is 0. The molecular formula is C20H26N2O3S. The van der Waals surface area contributed by atoms with Crippen LogP contribution in [0.4, 0.5) is 0 Å². The summed E-state index contributed by atoms with van der Waals surface area (Å²) in [6, 6.07) is 4.14. The first-order valence-corrected chi connectivity index (χ1v) is 10.0. The van der Waals surface area contributed by atoms with Crippen LogP contribution in [0.15, 0.2) is 17.1 Å². The van der Waals surface area contributed by atoms with Crippen LogP contribution in [0, 0.1) is 19.8 Å². The predicted octanol–water partition coefficient (Wildman–Crippen LogP) is 3.89. The SMILES string of the molecule is COC(=O)Cn1c(=NC(=O)CCC2CCCC2)sc2c(C)cc(C)cc21. The lowest BCUT2D eigenvalue weighted by Gasteiger charge is -2.06. The summed E-state index contributed by atoms with van der Waals surface area (Å²) in [7, 11) is 1.37. The van der Waals surface area contributed by atoms with E-state index in [1.165, 1.54) is 44.1 Å². The number of ether oxygens (including phenoxy) is 1. The fourth-order valence-corrected chi connectivity index (χ4v) is 4.83. The van der Waals surface area contributed by atoms with Gasteiger partial charge in [0.05, 0.1) is 17.3 Å². The Labute approximate surface area is 157 Å². The number of aromatic nitrogens is 1. The molecule has 3 rings (SSSR count). The van der Waals surface area contributed by atoms with Crippen molar-refractivity contribution in [2.45, 2.75) is 58.9 Å². The average Bonchev–Trinajstić information content (AvgIpc) is 3.22. The van der Waals surface area contributed by atoms with Crippen LogP contribution in [-0.2, 0) is 20.9 Å². The van der Waals surface area contributed by atoms with Gasteiger partial charge in [0.1, 0.15) is 6.54 Å². The van der Waals surface area contributed by atoms with Crippen LogP contribution in [-0.4, -0.2) is 23.6 Å². The van der Waals surface area contributed by atoms with Crippen molar-refractivity contribution < 1.29 is 14.3 Å². The van der Waals surface area contributed by atoms with Gasteiger partial charge in [-0.2, -0.15) is 4.99 Å². The van der Waals surface area contributed by atoms with Crippen LogP contribution in [0.5, 0.6) is 0 Å². The molecule has 0 aliphatic heterocycles. The highest BCUT2D eigenvalue weighted by molar-refractivity contribution is 7.16. The molecular weight excluding hydrogens is 348 g/mol. The standard InChI is InChI=1S/C20H26N2O3S/c1-13-10-14(2)19-16(11-13)22(12-18(24)25-3)20(26-19)21-17(23)9-8-15-6-4-5-7-15/h10-11,15H,4-9,12H2,1-3H3. The van der Waals surface area contributed by atoms with E-state index in [9.17, 15) is 9.59 Å². The molecule has 5 nitrogen and oxygen atoms in total. The number of amides is 1. The second-order valence-corrected chi connectivity index (χ2v) is 8.15. The fraction of sp³-hybridized carbons (Fsp3) is 0.550. The molecule has 1 fully saturated rings. The largest absolute Gasteiger partial charge is 0.468 e. The molecule has 0 radical (unpaired) electrons. The number of fused-ring (bicyclic) bond motifs is 1. The van der Waals surface area contributed by atoms with E-state index in [1.807, 2.05) is 19.9 Å². The Bertz CT molecular complexity index is 888. The number of rotatable bonds is 5. The molecule has 6 heteroatoms. The summed E-state index contributed by atoms with van der Waals surface area (Å²) in [6.07, 6.45) is 6.43. The maximum absolute atomic E-state index is 12.4. The molecule has 0 bridgehead atoms. The van der Waals surface area contributed by atoms with Crippen molar-refractivity contribution in [2.75, 3.05) is 7.11 Å². The molecule has 1 aliphatic rings. The molecule has 1 amide bonds. The molecule has 26 heavy (non-hydrogen) atoms. The highest BCUT2D eigenvalue weighted by Gasteiger charge is 2.17.